The quantitative estimate of drug-likeness (QED) is 0.847. The first-order chi connectivity index (χ1) is 9.74. The van der Waals surface area contributed by atoms with E-state index in [0.29, 0.717) is 19.4 Å². The van der Waals surface area contributed by atoms with Gasteiger partial charge in [0, 0.05) is 19.8 Å². The summed E-state index contributed by atoms with van der Waals surface area (Å²) >= 11 is 12.0. The van der Waals surface area contributed by atoms with Crippen LogP contribution < -0.4 is 10.2 Å². The number of rotatable bonds is 3. The van der Waals surface area contributed by atoms with Crippen molar-refractivity contribution in [2.45, 2.75) is 30.1 Å². The van der Waals surface area contributed by atoms with Crippen molar-refractivity contribution in [2.75, 3.05) is 11.4 Å². The van der Waals surface area contributed by atoms with Crippen molar-refractivity contribution in [1.29, 1.82) is 0 Å². The third-order valence-corrected chi connectivity index (χ3v) is 5.37. The molecule has 1 N–H and O–H groups in total. The summed E-state index contributed by atoms with van der Waals surface area (Å²) in [6.45, 7) is 2.26. The maximum Gasteiger partial charge on any atom is 0.249 e. The van der Waals surface area contributed by atoms with Crippen molar-refractivity contribution >= 4 is 40.7 Å². The van der Waals surface area contributed by atoms with Crippen LogP contribution in [0.1, 0.15) is 19.8 Å². The maximum absolute atomic E-state index is 12.4. The first-order valence-corrected chi connectivity index (χ1v) is 7.49. The fourth-order valence-corrected chi connectivity index (χ4v) is 3.29. The van der Waals surface area contributed by atoms with Crippen LogP contribution in [0.3, 0.4) is 0 Å². The molecule has 114 valence electrons. The second-order valence-corrected chi connectivity index (χ2v) is 7.37. The van der Waals surface area contributed by atoms with E-state index in [-0.39, 0.29) is 11.8 Å². The van der Waals surface area contributed by atoms with Crippen LogP contribution in [0, 0.1) is 5.41 Å². The molecule has 2 atom stereocenters. The highest BCUT2D eigenvalue weighted by Gasteiger charge is 2.68. The lowest BCUT2D eigenvalue weighted by Gasteiger charge is -2.18. The molecule has 2 heterocycles. The molecule has 0 bridgehead atoms. The smallest absolute Gasteiger partial charge is 0.249 e. The molecule has 8 heteroatoms. The second-order valence-electron chi connectivity index (χ2n) is 5.89. The van der Waals surface area contributed by atoms with Gasteiger partial charge in [-0.3, -0.25) is 14.3 Å². The van der Waals surface area contributed by atoms with E-state index in [0.717, 1.165) is 5.69 Å². The summed E-state index contributed by atoms with van der Waals surface area (Å²) in [4.78, 5) is 26.2. The first-order valence-electron chi connectivity index (χ1n) is 6.73. The molecule has 6 nitrogen and oxygen atoms in total. The number of nitrogens with zero attached hydrogens (tertiary/aromatic N) is 3. The normalized spacial score (nSPS) is 30.6. The summed E-state index contributed by atoms with van der Waals surface area (Å²) in [5.41, 5.74) is -0.0705. The Balaban J connectivity index is 1.66. The third-order valence-electron chi connectivity index (χ3n) is 4.27. The number of anilines is 1. The molecule has 1 saturated heterocycles. The number of hydrogen-bond acceptors (Lipinski definition) is 3. The average Bonchev–Trinajstić information content (AvgIpc) is 2.74. The highest BCUT2D eigenvalue weighted by molar-refractivity contribution is 6.53. The number of carbonyl (C=O) groups excluding carboxylic acids is 2. The molecular weight excluding hydrogens is 315 g/mol. The van der Waals surface area contributed by atoms with E-state index in [1.165, 1.54) is 0 Å². The number of halogens is 2. The SMILES string of the molecule is Cn1cc(N2CCC(NC(=O)C3(C)CC3(Cl)Cl)C2=O)cn1. The summed E-state index contributed by atoms with van der Waals surface area (Å²) in [6.07, 6.45) is 4.37. The lowest BCUT2D eigenvalue weighted by Crippen LogP contribution is -2.45. The van der Waals surface area contributed by atoms with Crippen molar-refractivity contribution < 1.29 is 9.59 Å². The fourth-order valence-electron chi connectivity index (χ4n) is 2.58. The Morgan fingerprint density at radius 3 is 2.71 bits per heavy atom. The fraction of sp³-hybridized carbons (Fsp3) is 0.615. The summed E-state index contributed by atoms with van der Waals surface area (Å²) in [7, 11) is 1.79. The molecule has 1 aromatic heterocycles. The minimum absolute atomic E-state index is 0.129. The third kappa shape index (κ3) is 2.30. The molecule has 1 saturated carbocycles. The second kappa shape index (κ2) is 4.61. The summed E-state index contributed by atoms with van der Waals surface area (Å²) in [5.74, 6) is -0.394. The Kier molecular flexibility index (Phi) is 3.22. The number of carbonyl (C=O) groups is 2. The van der Waals surface area contributed by atoms with Gasteiger partial charge in [-0.15, -0.1) is 23.2 Å². The predicted octanol–water partition coefficient (Wildman–Crippen LogP) is 1.23. The Morgan fingerprint density at radius 1 is 1.52 bits per heavy atom. The molecule has 1 aromatic rings. The van der Waals surface area contributed by atoms with E-state index in [4.69, 9.17) is 23.2 Å². The van der Waals surface area contributed by atoms with E-state index in [9.17, 15) is 9.59 Å². The van der Waals surface area contributed by atoms with Crippen LogP contribution in [0.15, 0.2) is 12.4 Å². The van der Waals surface area contributed by atoms with Gasteiger partial charge in [0.1, 0.15) is 10.4 Å². The standard InChI is InChI=1S/C13H16Cl2N4O2/c1-12(7-13(12,14)15)11(21)17-9-3-4-19(10(9)20)8-5-16-18(2)6-8/h5-6,9H,3-4,7H2,1-2H3,(H,17,21). The molecule has 1 aliphatic carbocycles. The topological polar surface area (TPSA) is 67.2 Å². The van der Waals surface area contributed by atoms with Crippen LogP contribution in [0.2, 0.25) is 0 Å². The van der Waals surface area contributed by atoms with Gasteiger partial charge in [-0.2, -0.15) is 5.10 Å². The van der Waals surface area contributed by atoms with Crippen molar-refractivity contribution in [2.24, 2.45) is 12.5 Å². The molecule has 0 aromatic carbocycles. The molecule has 1 aliphatic heterocycles. The minimum atomic E-state index is -1.03. The molecule has 21 heavy (non-hydrogen) atoms. The molecule has 2 amide bonds. The summed E-state index contributed by atoms with van der Waals surface area (Å²) in [5, 5.41) is 6.82. The number of aryl methyl sites for hydroxylation is 1. The van der Waals surface area contributed by atoms with Crippen LogP contribution in [0.25, 0.3) is 0 Å². The highest BCUT2D eigenvalue weighted by Crippen LogP contribution is 2.63. The van der Waals surface area contributed by atoms with Gasteiger partial charge in [0.15, 0.2) is 0 Å². The number of aromatic nitrogens is 2. The lowest BCUT2D eigenvalue weighted by atomic mass is 10.1. The van der Waals surface area contributed by atoms with E-state index < -0.39 is 15.8 Å². The predicted molar refractivity (Wildman–Crippen MR) is 79.3 cm³/mol. The van der Waals surface area contributed by atoms with Crippen LogP contribution in [-0.4, -0.2) is 38.5 Å². The summed E-state index contributed by atoms with van der Waals surface area (Å²) < 4.78 is 0.608. The lowest BCUT2D eigenvalue weighted by molar-refractivity contribution is -0.129. The number of amides is 2. The average molecular weight is 331 g/mol. The van der Waals surface area contributed by atoms with Gasteiger partial charge >= 0.3 is 0 Å². The van der Waals surface area contributed by atoms with E-state index >= 15 is 0 Å². The van der Waals surface area contributed by atoms with Gasteiger partial charge in [-0.05, 0) is 19.8 Å². The van der Waals surface area contributed by atoms with Gasteiger partial charge in [-0.1, -0.05) is 0 Å². The largest absolute Gasteiger partial charge is 0.344 e. The Morgan fingerprint density at radius 2 is 2.19 bits per heavy atom. The van der Waals surface area contributed by atoms with Gasteiger partial charge in [-0.25, -0.2) is 0 Å². The highest BCUT2D eigenvalue weighted by atomic mass is 35.5. The monoisotopic (exact) mass is 330 g/mol. The van der Waals surface area contributed by atoms with Crippen LogP contribution in [0.5, 0.6) is 0 Å². The Bertz CT molecular complexity index is 615. The molecule has 2 fully saturated rings. The van der Waals surface area contributed by atoms with Crippen molar-refractivity contribution in [1.82, 2.24) is 15.1 Å². The van der Waals surface area contributed by atoms with Crippen molar-refractivity contribution in [3.63, 3.8) is 0 Å². The zero-order valence-electron chi connectivity index (χ0n) is 11.8. The molecule has 0 radical (unpaired) electrons. The molecule has 0 spiro atoms. The van der Waals surface area contributed by atoms with Crippen LogP contribution in [-0.2, 0) is 16.6 Å². The molecule has 2 unspecified atom stereocenters. The van der Waals surface area contributed by atoms with Crippen molar-refractivity contribution in [3.8, 4) is 0 Å². The number of alkyl halides is 2. The first kappa shape index (κ1) is 14.7. The van der Waals surface area contributed by atoms with Gasteiger partial charge in [0.25, 0.3) is 0 Å². The van der Waals surface area contributed by atoms with E-state index in [1.54, 1.807) is 35.9 Å². The van der Waals surface area contributed by atoms with Crippen LogP contribution >= 0.6 is 23.2 Å². The van der Waals surface area contributed by atoms with Crippen LogP contribution in [0.4, 0.5) is 5.69 Å². The zero-order chi connectivity index (χ0) is 15.4. The molecule has 2 aliphatic rings. The van der Waals surface area contributed by atoms with Gasteiger partial charge in [0.05, 0.1) is 17.3 Å². The molecule has 3 rings (SSSR count). The maximum atomic E-state index is 12.4. The minimum Gasteiger partial charge on any atom is -0.344 e. The van der Waals surface area contributed by atoms with Gasteiger partial charge in [0.2, 0.25) is 11.8 Å². The Labute approximate surface area is 132 Å². The van der Waals surface area contributed by atoms with Crippen molar-refractivity contribution in [3.05, 3.63) is 12.4 Å². The number of hydrogen-bond donors (Lipinski definition) is 1. The van der Waals surface area contributed by atoms with E-state index in [2.05, 4.69) is 10.4 Å². The summed E-state index contributed by atoms with van der Waals surface area (Å²) in [6, 6.07) is -0.528. The van der Waals surface area contributed by atoms with Gasteiger partial charge < -0.3 is 10.2 Å². The molecular formula is C13H16Cl2N4O2. The van der Waals surface area contributed by atoms with E-state index in [1.807, 2.05) is 0 Å². The Hall–Kier alpha value is -1.27. The zero-order valence-corrected chi connectivity index (χ0v) is 13.3. The number of nitrogens with one attached hydrogen (secondary N) is 1.